The molecule has 0 aliphatic rings. The Morgan fingerprint density at radius 1 is 1.23 bits per heavy atom. The lowest BCUT2D eigenvalue weighted by molar-refractivity contribution is -0.114. The number of rotatable bonds is 8. The van der Waals surface area contributed by atoms with E-state index in [9.17, 15) is 14.4 Å². The molecule has 0 aliphatic heterocycles. The zero-order valence-corrected chi connectivity index (χ0v) is 17.2. The fraction of sp³-hybridized carbons (Fsp3) is 0.190. The van der Waals surface area contributed by atoms with E-state index in [-0.39, 0.29) is 31.2 Å². The van der Waals surface area contributed by atoms with Crippen molar-refractivity contribution in [3.8, 4) is 0 Å². The van der Waals surface area contributed by atoms with Gasteiger partial charge in [-0.1, -0.05) is 36.4 Å². The number of hydrogen-bond donors (Lipinski definition) is 2. The number of carbonyl (C=O) groups is 1. The van der Waals surface area contributed by atoms with Crippen molar-refractivity contribution in [2.45, 2.75) is 13.1 Å². The minimum absolute atomic E-state index is 0.0737. The molecule has 2 heterocycles. The van der Waals surface area contributed by atoms with Gasteiger partial charge in [-0.25, -0.2) is 4.79 Å². The highest BCUT2D eigenvalue weighted by Crippen LogP contribution is 2.21. The minimum atomic E-state index is -0.722. The van der Waals surface area contributed by atoms with Gasteiger partial charge in [-0.05, 0) is 23.1 Å². The number of ether oxygens (including phenoxy) is 1. The van der Waals surface area contributed by atoms with Gasteiger partial charge in [0.15, 0.2) is 5.69 Å². The highest BCUT2D eigenvalue weighted by Gasteiger charge is 2.23. The zero-order valence-electron chi connectivity index (χ0n) is 16.4. The van der Waals surface area contributed by atoms with Crippen LogP contribution in [-0.2, 0) is 22.6 Å². The minimum Gasteiger partial charge on any atom is -0.383 e. The normalized spacial score (nSPS) is 11.1. The second-order valence-electron chi connectivity index (χ2n) is 6.40. The molecule has 0 bridgehead atoms. The second kappa shape index (κ2) is 9.86. The van der Waals surface area contributed by atoms with E-state index in [4.69, 9.17) is 10.5 Å². The molecular formula is C21H22N4O4S. The Morgan fingerprint density at radius 3 is 2.67 bits per heavy atom. The van der Waals surface area contributed by atoms with Crippen LogP contribution in [0.3, 0.4) is 0 Å². The number of methoxy groups -OCH3 is 1. The van der Waals surface area contributed by atoms with Crippen LogP contribution >= 0.6 is 11.3 Å². The van der Waals surface area contributed by atoms with Crippen molar-refractivity contribution >= 4 is 34.8 Å². The average molecular weight is 426 g/mol. The predicted octanol–water partition coefficient (Wildman–Crippen LogP) is 2.07. The summed E-state index contributed by atoms with van der Waals surface area (Å²) in [7, 11) is 1.49. The summed E-state index contributed by atoms with van der Waals surface area (Å²) in [6.45, 7) is 0.480. The molecular weight excluding hydrogens is 404 g/mol. The maximum absolute atomic E-state index is 13.1. The molecule has 0 aliphatic carbocycles. The lowest BCUT2D eigenvalue weighted by Gasteiger charge is -2.23. The number of nitrogens with one attached hydrogen (secondary N) is 1. The standard InChI is InChI=1S/C21H22N4O4S/c1-29-12-11-24-19(22)18(20(27)23-21(24)28)25(14-15-6-3-2-4-7-15)17(26)10-9-16-8-5-13-30-16/h2-10,13H,11-12,14,22H2,1H3,(H,23,27,28)/b10-9+. The molecule has 3 N–H and O–H groups in total. The van der Waals surface area contributed by atoms with Crippen LogP contribution in [-0.4, -0.2) is 29.2 Å². The number of hydrogen-bond acceptors (Lipinski definition) is 6. The first kappa shape index (κ1) is 21.3. The summed E-state index contributed by atoms with van der Waals surface area (Å²) in [5, 5.41) is 1.90. The number of aromatic amines is 1. The van der Waals surface area contributed by atoms with Crippen LogP contribution < -0.4 is 21.9 Å². The van der Waals surface area contributed by atoms with Crippen LogP contribution in [0.25, 0.3) is 6.08 Å². The van der Waals surface area contributed by atoms with Crippen LogP contribution in [0.2, 0.25) is 0 Å². The smallest absolute Gasteiger partial charge is 0.330 e. The van der Waals surface area contributed by atoms with Crippen molar-refractivity contribution in [2.24, 2.45) is 0 Å². The largest absolute Gasteiger partial charge is 0.383 e. The molecule has 3 aromatic rings. The van der Waals surface area contributed by atoms with E-state index in [2.05, 4.69) is 4.98 Å². The summed E-state index contributed by atoms with van der Waals surface area (Å²) >= 11 is 1.49. The quantitative estimate of drug-likeness (QED) is 0.536. The molecule has 1 amide bonds. The highest BCUT2D eigenvalue weighted by atomic mass is 32.1. The van der Waals surface area contributed by atoms with Gasteiger partial charge in [0, 0.05) is 18.1 Å². The third-order valence-corrected chi connectivity index (χ3v) is 5.22. The van der Waals surface area contributed by atoms with Crippen molar-refractivity contribution in [3.05, 3.63) is 85.2 Å². The average Bonchev–Trinajstić information content (AvgIpc) is 3.25. The number of thiophene rings is 1. The van der Waals surface area contributed by atoms with Gasteiger partial charge in [0.05, 0.1) is 19.7 Å². The molecule has 8 nitrogen and oxygen atoms in total. The van der Waals surface area contributed by atoms with Gasteiger partial charge in [-0.3, -0.25) is 24.0 Å². The number of nitrogens with two attached hydrogens (primary N) is 1. The number of aromatic nitrogens is 2. The summed E-state index contributed by atoms with van der Waals surface area (Å²) in [5.74, 6) is -0.518. The Labute approximate surface area is 176 Å². The number of amides is 1. The monoisotopic (exact) mass is 426 g/mol. The maximum atomic E-state index is 13.1. The molecule has 0 fully saturated rings. The van der Waals surface area contributed by atoms with Gasteiger partial charge < -0.3 is 10.5 Å². The summed E-state index contributed by atoms with van der Waals surface area (Å²) < 4.78 is 6.20. The molecule has 2 aromatic heterocycles. The molecule has 30 heavy (non-hydrogen) atoms. The predicted molar refractivity (Wildman–Crippen MR) is 119 cm³/mol. The fourth-order valence-electron chi connectivity index (χ4n) is 2.91. The van der Waals surface area contributed by atoms with E-state index in [1.165, 1.54) is 34.0 Å². The Hall–Kier alpha value is -3.43. The first-order valence-electron chi connectivity index (χ1n) is 9.19. The van der Waals surface area contributed by atoms with Gasteiger partial charge >= 0.3 is 5.69 Å². The number of carbonyl (C=O) groups excluding carboxylic acids is 1. The molecule has 0 radical (unpaired) electrons. The molecule has 0 spiro atoms. The van der Waals surface area contributed by atoms with Gasteiger partial charge in [0.25, 0.3) is 11.5 Å². The molecule has 0 saturated carbocycles. The van der Waals surface area contributed by atoms with E-state index in [1.54, 1.807) is 6.08 Å². The molecule has 0 saturated heterocycles. The number of benzene rings is 1. The van der Waals surface area contributed by atoms with Gasteiger partial charge in [0.1, 0.15) is 5.82 Å². The van der Waals surface area contributed by atoms with Crippen molar-refractivity contribution in [1.29, 1.82) is 0 Å². The number of nitrogens with zero attached hydrogens (tertiary/aromatic N) is 2. The maximum Gasteiger partial charge on any atom is 0.330 e. The lowest BCUT2D eigenvalue weighted by Crippen LogP contribution is -2.40. The summed E-state index contributed by atoms with van der Waals surface area (Å²) in [4.78, 5) is 42.4. The van der Waals surface area contributed by atoms with Gasteiger partial charge in [-0.15, -0.1) is 11.3 Å². The summed E-state index contributed by atoms with van der Waals surface area (Å²) in [5.41, 5.74) is 5.54. The third-order valence-electron chi connectivity index (χ3n) is 4.39. The topological polar surface area (TPSA) is 110 Å². The second-order valence-corrected chi connectivity index (χ2v) is 7.38. The van der Waals surface area contributed by atoms with Crippen molar-refractivity contribution in [2.75, 3.05) is 24.4 Å². The Bertz CT molecular complexity index is 1130. The number of anilines is 2. The highest BCUT2D eigenvalue weighted by molar-refractivity contribution is 7.10. The van der Waals surface area contributed by atoms with Crippen LogP contribution in [0.5, 0.6) is 0 Å². The Morgan fingerprint density at radius 2 is 2.00 bits per heavy atom. The molecule has 156 valence electrons. The number of H-pyrrole nitrogens is 1. The first-order chi connectivity index (χ1) is 14.5. The molecule has 0 atom stereocenters. The summed E-state index contributed by atoms with van der Waals surface area (Å²) in [6, 6.07) is 13.0. The van der Waals surface area contributed by atoms with Crippen LogP contribution in [0, 0.1) is 0 Å². The van der Waals surface area contributed by atoms with E-state index < -0.39 is 17.2 Å². The first-order valence-corrected chi connectivity index (χ1v) is 10.1. The fourth-order valence-corrected chi connectivity index (χ4v) is 3.52. The van der Waals surface area contributed by atoms with Crippen LogP contribution in [0.1, 0.15) is 10.4 Å². The van der Waals surface area contributed by atoms with E-state index in [0.717, 1.165) is 10.4 Å². The zero-order chi connectivity index (χ0) is 21.5. The van der Waals surface area contributed by atoms with Gasteiger partial charge in [-0.2, -0.15) is 0 Å². The van der Waals surface area contributed by atoms with Crippen molar-refractivity contribution in [3.63, 3.8) is 0 Å². The molecule has 3 rings (SSSR count). The third kappa shape index (κ3) is 4.94. The number of nitrogen functional groups attached to an aromatic ring is 1. The van der Waals surface area contributed by atoms with E-state index in [0.29, 0.717) is 0 Å². The SMILES string of the molecule is COCCn1c(N)c(N(Cc2ccccc2)C(=O)/C=C/c2cccs2)c(=O)[nH]c1=O. The summed E-state index contributed by atoms with van der Waals surface area (Å²) in [6.07, 6.45) is 3.06. The Balaban J connectivity index is 2.06. The molecule has 0 unspecified atom stereocenters. The van der Waals surface area contributed by atoms with Crippen molar-refractivity contribution in [1.82, 2.24) is 9.55 Å². The Kier molecular flexibility index (Phi) is 6.99. The lowest BCUT2D eigenvalue weighted by atomic mass is 10.2. The molecule has 1 aromatic carbocycles. The van der Waals surface area contributed by atoms with Crippen molar-refractivity contribution < 1.29 is 9.53 Å². The van der Waals surface area contributed by atoms with Gasteiger partial charge in [0.2, 0.25) is 0 Å². The molecule has 9 heteroatoms. The van der Waals surface area contributed by atoms with E-state index in [1.807, 2.05) is 47.8 Å². The van der Waals surface area contributed by atoms with E-state index >= 15 is 0 Å². The van der Waals surface area contributed by atoms with Crippen LogP contribution in [0.4, 0.5) is 11.5 Å². The van der Waals surface area contributed by atoms with Crippen LogP contribution in [0.15, 0.2) is 63.5 Å².